The molecule has 0 aromatic heterocycles. The van der Waals surface area contributed by atoms with Crippen LogP contribution >= 0.6 is 0 Å². The number of alkyl halides is 2. The van der Waals surface area contributed by atoms with E-state index in [9.17, 15) is 28.0 Å². The van der Waals surface area contributed by atoms with Crippen molar-refractivity contribution in [3.63, 3.8) is 0 Å². The van der Waals surface area contributed by atoms with Crippen molar-refractivity contribution in [2.24, 2.45) is 0 Å². The molecule has 3 aliphatic rings. The number of imide groups is 2. The van der Waals surface area contributed by atoms with Crippen LogP contribution in [0.5, 0.6) is 0 Å². The Morgan fingerprint density at radius 1 is 1.17 bits per heavy atom. The van der Waals surface area contributed by atoms with Gasteiger partial charge in [0.2, 0.25) is 11.8 Å². The number of nitrogens with zero attached hydrogens (tertiary/aromatic N) is 1. The van der Waals surface area contributed by atoms with Gasteiger partial charge >= 0.3 is 0 Å². The lowest BCUT2D eigenvalue weighted by molar-refractivity contribution is -0.136. The Labute approximate surface area is 171 Å². The summed E-state index contributed by atoms with van der Waals surface area (Å²) in [6.07, 6.45) is -0.101. The van der Waals surface area contributed by atoms with Crippen LogP contribution in [0.2, 0.25) is 0 Å². The maximum atomic E-state index is 13.4. The maximum Gasteiger partial charge on any atom is 0.262 e. The molecule has 4 amide bonds. The third kappa shape index (κ3) is 3.72. The maximum absolute atomic E-state index is 13.4. The van der Waals surface area contributed by atoms with Crippen molar-refractivity contribution in [3.8, 4) is 0 Å². The second kappa shape index (κ2) is 7.21. The molecule has 0 radical (unpaired) electrons. The molecule has 8 nitrogen and oxygen atoms in total. The molecule has 10 heteroatoms. The highest BCUT2D eigenvalue weighted by Crippen LogP contribution is 2.32. The highest BCUT2D eigenvalue weighted by atomic mass is 19.3. The van der Waals surface area contributed by atoms with E-state index < -0.39 is 41.1 Å². The lowest BCUT2D eigenvalue weighted by Crippen LogP contribution is -2.54. The predicted octanol–water partition coefficient (Wildman–Crippen LogP) is 0.565. The van der Waals surface area contributed by atoms with Crippen molar-refractivity contribution in [2.45, 2.75) is 50.2 Å². The fourth-order valence-corrected chi connectivity index (χ4v) is 4.27. The normalized spacial score (nSPS) is 28.1. The third-order valence-corrected chi connectivity index (χ3v) is 5.77. The van der Waals surface area contributed by atoms with E-state index in [4.69, 9.17) is 0 Å². The third-order valence-electron chi connectivity index (χ3n) is 5.77. The number of benzene rings is 1. The van der Waals surface area contributed by atoms with Crippen molar-refractivity contribution in [1.29, 1.82) is 0 Å². The van der Waals surface area contributed by atoms with Gasteiger partial charge in [-0.15, -0.1) is 0 Å². The first-order valence-corrected chi connectivity index (χ1v) is 9.77. The van der Waals surface area contributed by atoms with Crippen LogP contribution in [-0.4, -0.2) is 59.1 Å². The van der Waals surface area contributed by atoms with Gasteiger partial charge in [0.15, 0.2) is 0 Å². The molecule has 2 unspecified atom stereocenters. The van der Waals surface area contributed by atoms with Crippen molar-refractivity contribution in [1.82, 2.24) is 20.9 Å². The highest BCUT2D eigenvalue weighted by Gasteiger charge is 2.46. The first kappa shape index (κ1) is 20.5. The minimum Gasteiger partial charge on any atom is -0.311 e. The molecule has 30 heavy (non-hydrogen) atoms. The van der Waals surface area contributed by atoms with Crippen LogP contribution in [0, 0.1) is 0 Å². The van der Waals surface area contributed by atoms with Crippen molar-refractivity contribution >= 4 is 23.6 Å². The summed E-state index contributed by atoms with van der Waals surface area (Å²) in [4.78, 5) is 49.8. The van der Waals surface area contributed by atoms with Gasteiger partial charge in [-0.2, -0.15) is 0 Å². The van der Waals surface area contributed by atoms with Gasteiger partial charge in [0, 0.05) is 31.5 Å². The number of nitrogens with one attached hydrogen (secondary N) is 3. The molecule has 3 heterocycles. The zero-order valence-electron chi connectivity index (χ0n) is 16.4. The summed E-state index contributed by atoms with van der Waals surface area (Å²) in [6, 6.07) is 3.78. The van der Waals surface area contributed by atoms with Gasteiger partial charge in [-0.25, -0.2) is 8.78 Å². The topological polar surface area (TPSA) is 108 Å². The Hall–Kier alpha value is -2.72. The molecular weight excluding hydrogens is 398 g/mol. The number of hydrogen-bond acceptors (Lipinski definition) is 6. The number of carbonyl (C=O) groups excluding carboxylic acids is 4. The van der Waals surface area contributed by atoms with Gasteiger partial charge in [0.25, 0.3) is 17.7 Å². The van der Waals surface area contributed by atoms with E-state index in [0.29, 0.717) is 18.7 Å². The van der Waals surface area contributed by atoms with Gasteiger partial charge < -0.3 is 10.6 Å². The summed E-state index contributed by atoms with van der Waals surface area (Å²) >= 11 is 0. The molecule has 0 saturated carbocycles. The van der Waals surface area contributed by atoms with Crippen LogP contribution in [0.1, 0.15) is 52.5 Å². The average Bonchev–Trinajstić information content (AvgIpc) is 3.08. The van der Waals surface area contributed by atoms with Crippen LogP contribution in [0.4, 0.5) is 8.78 Å². The van der Waals surface area contributed by atoms with Crippen LogP contribution in [0.25, 0.3) is 0 Å². The van der Waals surface area contributed by atoms with Crippen LogP contribution in [0.15, 0.2) is 18.2 Å². The van der Waals surface area contributed by atoms with Crippen LogP contribution in [-0.2, 0) is 16.1 Å². The molecule has 3 aliphatic heterocycles. The van der Waals surface area contributed by atoms with E-state index in [2.05, 4.69) is 16.0 Å². The first-order valence-electron chi connectivity index (χ1n) is 9.77. The molecule has 1 aromatic rings. The molecule has 3 N–H and O–H groups in total. The molecule has 2 fully saturated rings. The molecule has 1 aromatic carbocycles. The lowest BCUT2D eigenvalue weighted by Gasteiger charge is -2.27. The number of hydrogen-bond donors (Lipinski definition) is 3. The standard InChI is InChI=1S/C20H22F2N4O4/c1-19(8-20(21,22)10-24-19)9-23-7-11-2-3-12-13(6-11)18(30)26(17(12)29)14-4-5-15(27)25-16(14)28/h2-3,6,14,23-24H,4-5,7-10H2,1H3,(H,25,27,28). The van der Waals surface area contributed by atoms with Crippen molar-refractivity contribution in [2.75, 3.05) is 13.1 Å². The van der Waals surface area contributed by atoms with Gasteiger partial charge in [0.1, 0.15) is 6.04 Å². The van der Waals surface area contributed by atoms with Crippen LogP contribution < -0.4 is 16.0 Å². The van der Waals surface area contributed by atoms with E-state index in [1.165, 1.54) is 6.07 Å². The van der Waals surface area contributed by atoms with E-state index in [-0.39, 0.29) is 36.9 Å². The minimum atomic E-state index is -2.73. The molecule has 0 bridgehead atoms. The summed E-state index contributed by atoms with van der Waals surface area (Å²) < 4.78 is 26.9. The number of piperidine rings is 1. The number of amides is 4. The molecule has 0 spiro atoms. The summed E-state index contributed by atoms with van der Waals surface area (Å²) in [7, 11) is 0. The first-order chi connectivity index (χ1) is 14.1. The lowest BCUT2D eigenvalue weighted by atomic mass is 9.99. The summed E-state index contributed by atoms with van der Waals surface area (Å²) in [6.45, 7) is 2.02. The van der Waals surface area contributed by atoms with Crippen molar-refractivity contribution < 1.29 is 28.0 Å². The van der Waals surface area contributed by atoms with E-state index >= 15 is 0 Å². The minimum absolute atomic E-state index is 0.0603. The Kier molecular flexibility index (Phi) is 4.94. The number of carbonyl (C=O) groups is 4. The van der Waals surface area contributed by atoms with Crippen molar-refractivity contribution in [3.05, 3.63) is 34.9 Å². The molecule has 0 aliphatic carbocycles. The second-order valence-electron chi connectivity index (χ2n) is 8.38. The molecule has 2 atom stereocenters. The summed E-state index contributed by atoms with van der Waals surface area (Å²) in [5.74, 6) is -4.94. The molecule has 2 saturated heterocycles. The second-order valence-corrected chi connectivity index (χ2v) is 8.38. The van der Waals surface area contributed by atoms with Gasteiger partial charge in [-0.1, -0.05) is 6.07 Å². The number of halogens is 2. The Morgan fingerprint density at radius 3 is 2.57 bits per heavy atom. The summed E-state index contributed by atoms with van der Waals surface area (Å²) in [5, 5.41) is 8.11. The van der Waals surface area contributed by atoms with Crippen LogP contribution in [0.3, 0.4) is 0 Å². The molecule has 160 valence electrons. The fraction of sp³-hybridized carbons (Fsp3) is 0.500. The Balaban J connectivity index is 1.43. The van der Waals surface area contributed by atoms with E-state index in [1.807, 2.05) is 0 Å². The number of rotatable bonds is 5. The summed E-state index contributed by atoms with van der Waals surface area (Å²) in [5.41, 5.74) is 0.390. The van der Waals surface area contributed by atoms with E-state index in [0.717, 1.165) is 4.90 Å². The zero-order valence-corrected chi connectivity index (χ0v) is 16.4. The van der Waals surface area contributed by atoms with Gasteiger partial charge in [0.05, 0.1) is 17.7 Å². The molecule has 4 rings (SSSR count). The number of fused-ring (bicyclic) bond motifs is 1. The van der Waals surface area contributed by atoms with Gasteiger partial charge in [-0.05, 0) is 31.0 Å². The monoisotopic (exact) mass is 420 g/mol. The fourth-order valence-electron chi connectivity index (χ4n) is 4.27. The smallest absolute Gasteiger partial charge is 0.262 e. The molecular formula is C20H22F2N4O4. The van der Waals surface area contributed by atoms with Gasteiger partial charge in [-0.3, -0.25) is 29.4 Å². The van der Waals surface area contributed by atoms with E-state index in [1.54, 1.807) is 19.1 Å². The average molecular weight is 420 g/mol. The Bertz CT molecular complexity index is 951. The SMILES string of the molecule is CC1(CNCc2ccc3c(c2)C(=O)N(C2CCC(=O)NC2=O)C3=O)CC(F)(F)CN1. The predicted molar refractivity (Wildman–Crippen MR) is 101 cm³/mol. The zero-order chi connectivity index (χ0) is 21.7. The largest absolute Gasteiger partial charge is 0.311 e. The highest BCUT2D eigenvalue weighted by molar-refractivity contribution is 6.23. The quantitative estimate of drug-likeness (QED) is 0.601. The Morgan fingerprint density at radius 2 is 1.90 bits per heavy atom.